The zero-order valence-corrected chi connectivity index (χ0v) is 16.6. The molecule has 3 rings (SSSR count). The van der Waals surface area contributed by atoms with Gasteiger partial charge >= 0.3 is 0 Å². The Kier molecular flexibility index (Phi) is 6.00. The van der Waals surface area contributed by atoms with Gasteiger partial charge in [-0.2, -0.15) is 5.26 Å². The summed E-state index contributed by atoms with van der Waals surface area (Å²) < 4.78 is 7.03. The van der Waals surface area contributed by atoms with Crippen molar-refractivity contribution in [1.82, 2.24) is 4.57 Å². The lowest BCUT2D eigenvalue weighted by atomic mass is 10.2. The van der Waals surface area contributed by atoms with Crippen LogP contribution in [-0.2, 0) is 4.79 Å². The van der Waals surface area contributed by atoms with Crippen LogP contribution in [0.2, 0.25) is 0 Å². The molecule has 0 atom stereocenters. The van der Waals surface area contributed by atoms with Crippen LogP contribution in [0.3, 0.4) is 0 Å². The van der Waals surface area contributed by atoms with E-state index in [1.165, 1.54) is 0 Å². The minimum atomic E-state index is -0.464. The normalized spacial score (nSPS) is 10.9. The molecule has 146 valence electrons. The van der Waals surface area contributed by atoms with E-state index in [1.54, 1.807) is 37.5 Å². The van der Waals surface area contributed by atoms with Gasteiger partial charge in [-0.05, 0) is 66.7 Å². The van der Waals surface area contributed by atoms with Crippen molar-refractivity contribution < 1.29 is 9.53 Å². The SMILES string of the molecule is COc1ccc(NC(=O)/C(C#N)=C\c2cccn2-c2ccc(N(C)C)cc2)cc1. The summed E-state index contributed by atoms with van der Waals surface area (Å²) >= 11 is 0. The maximum absolute atomic E-state index is 12.5. The highest BCUT2D eigenvalue weighted by Crippen LogP contribution is 2.20. The molecule has 0 fully saturated rings. The molecule has 3 aromatic rings. The molecule has 0 aliphatic heterocycles. The van der Waals surface area contributed by atoms with Gasteiger partial charge in [0, 0.05) is 43.0 Å². The topological polar surface area (TPSA) is 70.3 Å². The summed E-state index contributed by atoms with van der Waals surface area (Å²) in [5.74, 6) is 0.227. The first-order valence-electron chi connectivity index (χ1n) is 9.04. The lowest BCUT2D eigenvalue weighted by molar-refractivity contribution is -0.112. The summed E-state index contributed by atoms with van der Waals surface area (Å²) in [4.78, 5) is 14.6. The maximum Gasteiger partial charge on any atom is 0.266 e. The molecule has 0 bridgehead atoms. The number of methoxy groups -OCH3 is 1. The Hall–Kier alpha value is -3.98. The molecule has 6 heteroatoms. The van der Waals surface area contributed by atoms with Gasteiger partial charge in [-0.3, -0.25) is 4.79 Å². The predicted molar refractivity (Wildman–Crippen MR) is 115 cm³/mol. The molecule has 1 amide bonds. The number of anilines is 2. The van der Waals surface area contributed by atoms with E-state index in [0.29, 0.717) is 11.4 Å². The molecule has 1 N–H and O–H groups in total. The molecule has 0 aliphatic rings. The van der Waals surface area contributed by atoms with Crippen molar-refractivity contribution in [3.8, 4) is 17.5 Å². The molecule has 29 heavy (non-hydrogen) atoms. The van der Waals surface area contributed by atoms with E-state index in [2.05, 4.69) is 5.32 Å². The van der Waals surface area contributed by atoms with Crippen LogP contribution in [0.4, 0.5) is 11.4 Å². The molecule has 2 aromatic carbocycles. The second-order valence-electron chi connectivity index (χ2n) is 6.57. The number of hydrogen-bond donors (Lipinski definition) is 1. The van der Waals surface area contributed by atoms with Gasteiger partial charge < -0.3 is 19.5 Å². The molecule has 1 aromatic heterocycles. The third kappa shape index (κ3) is 4.66. The van der Waals surface area contributed by atoms with Gasteiger partial charge in [0.1, 0.15) is 17.4 Å². The van der Waals surface area contributed by atoms with Crippen molar-refractivity contribution in [3.05, 3.63) is 78.1 Å². The van der Waals surface area contributed by atoms with E-state index in [0.717, 1.165) is 17.1 Å². The second kappa shape index (κ2) is 8.81. The Morgan fingerprint density at radius 3 is 2.38 bits per heavy atom. The van der Waals surface area contributed by atoms with Crippen LogP contribution in [0.25, 0.3) is 11.8 Å². The van der Waals surface area contributed by atoms with Crippen LogP contribution in [0.15, 0.2) is 72.4 Å². The van der Waals surface area contributed by atoms with E-state index in [1.807, 2.05) is 72.2 Å². The molecule has 0 aliphatic carbocycles. The smallest absolute Gasteiger partial charge is 0.266 e. The largest absolute Gasteiger partial charge is 0.497 e. The van der Waals surface area contributed by atoms with Crippen LogP contribution in [0.1, 0.15) is 5.69 Å². The number of amides is 1. The summed E-state index contributed by atoms with van der Waals surface area (Å²) in [7, 11) is 5.55. The number of nitrogens with zero attached hydrogens (tertiary/aromatic N) is 3. The maximum atomic E-state index is 12.5. The molecular weight excluding hydrogens is 364 g/mol. The number of ether oxygens (including phenoxy) is 1. The zero-order valence-electron chi connectivity index (χ0n) is 16.6. The summed E-state index contributed by atoms with van der Waals surface area (Å²) in [6.45, 7) is 0. The minimum Gasteiger partial charge on any atom is -0.497 e. The number of aromatic nitrogens is 1. The van der Waals surface area contributed by atoms with Crippen molar-refractivity contribution in [2.24, 2.45) is 0 Å². The monoisotopic (exact) mass is 386 g/mol. The third-order valence-electron chi connectivity index (χ3n) is 4.43. The molecule has 0 unspecified atom stereocenters. The first-order valence-corrected chi connectivity index (χ1v) is 9.04. The van der Waals surface area contributed by atoms with E-state index < -0.39 is 5.91 Å². The average Bonchev–Trinajstić information content (AvgIpc) is 3.20. The van der Waals surface area contributed by atoms with Gasteiger partial charge in [-0.25, -0.2) is 0 Å². The first-order chi connectivity index (χ1) is 14.0. The number of rotatable bonds is 6. The molecule has 0 saturated heterocycles. The van der Waals surface area contributed by atoms with Crippen molar-refractivity contribution in [1.29, 1.82) is 5.26 Å². The fraction of sp³-hybridized carbons (Fsp3) is 0.130. The quantitative estimate of drug-likeness (QED) is 0.512. The highest BCUT2D eigenvalue weighted by molar-refractivity contribution is 6.09. The van der Waals surface area contributed by atoms with Crippen LogP contribution < -0.4 is 15.0 Å². The van der Waals surface area contributed by atoms with E-state index in [4.69, 9.17) is 4.74 Å². The van der Waals surface area contributed by atoms with Gasteiger partial charge in [0.15, 0.2) is 0 Å². The van der Waals surface area contributed by atoms with E-state index in [9.17, 15) is 10.1 Å². The van der Waals surface area contributed by atoms with Gasteiger partial charge in [0.05, 0.1) is 7.11 Å². The van der Waals surface area contributed by atoms with E-state index >= 15 is 0 Å². The van der Waals surface area contributed by atoms with Crippen molar-refractivity contribution in [2.45, 2.75) is 0 Å². The highest BCUT2D eigenvalue weighted by Gasteiger charge is 2.11. The number of hydrogen-bond acceptors (Lipinski definition) is 4. The number of nitrogens with one attached hydrogen (secondary N) is 1. The molecule has 1 heterocycles. The predicted octanol–water partition coefficient (Wildman–Crippen LogP) is 4.10. The fourth-order valence-corrected chi connectivity index (χ4v) is 2.83. The lowest BCUT2D eigenvalue weighted by Gasteiger charge is -2.14. The summed E-state index contributed by atoms with van der Waals surface area (Å²) in [5, 5.41) is 12.2. The lowest BCUT2D eigenvalue weighted by Crippen LogP contribution is -2.13. The van der Waals surface area contributed by atoms with Crippen molar-refractivity contribution >= 4 is 23.4 Å². The Morgan fingerprint density at radius 1 is 1.10 bits per heavy atom. The second-order valence-corrected chi connectivity index (χ2v) is 6.57. The first kappa shape index (κ1) is 19.8. The minimum absolute atomic E-state index is 0.0191. The fourth-order valence-electron chi connectivity index (χ4n) is 2.83. The Balaban J connectivity index is 1.83. The number of nitriles is 1. The van der Waals surface area contributed by atoms with Gasteiger partial charge in [-0.15, -0.1) is 0 Å². The van der Waals surface area contributed by atoms with Crippen molar-refractivity contribution in [2.75, 3.05) is 31.4 Å². The number of benzene rings is 2. The average molecular weight is 386 g/mol. The number of carbonyl (C=O) groups is 1. The summed E-state index contributed by atoms with van der Waals surface area (Å²) in [5.41, 5.74) is 3.38. The number of carbonyl (C=O) groups excluding carboxylic acids is 1. The Bertz CT molecular complexity index is 1060. The Morgan fingerprint density at radius 2 is 1.79 bits per heavy atom. The molecule has 0 radical (unpaired) electrons. The van der Waals surface area contributed by atoms with Crippen LogP contribution in [0.5, 0.6) is 5.75 Å². The molecule has 6 nitrogen and oxygen atoms in total. The van der Waals surface area contributed by atoms with Crippen LogP contribution in [-0.4, -0.2) is 31.7 Å². The van der Waals surface area contributed by atoms with Crippen LogP contribution >= 0.6 is 0 Å². The highest BCUT2D eigenvalue weighted by atomic mass is 16.5. The van der Waals surface area contributed by atoms with Crippen LogP contribution in [0, 0.1) is 11.3 Å². The zero-order chi connectivity index (χ0) is 20.8. The van der Waals surface area contributed by atoms with Crippen molar-refractivity contribution in [3.63, 3.8) is 0 Å². The summed E-state index contributed by atoms with van der Waals surface area (Å²) in [6.07, 6.45) is 3.48. The Labute approximate surface area is 170 Å². The molecular formula is C23H22N4O2. The van der Waals surface area contributed by atoms with E-state index in [-0.39, 0.29) is 5.57 Å². The van der Waals surface area contributed by atoms with Gasteiger partial charge in [0.25, 0.3) is 5.91 Å². The van der Waals surface area contributed by atoms with Gasteiger partial charge in [0.2, 0.25) is 0 Å². The molecule has 0 spiro atoms. The standard InChI is InChI=1S/C23H22N4O2/c1-26(2)19-8-10-20(11-9-19)27-14-4-5-21(27)15-17(16-24)23(28)25-18-6-12-22(29-3)13-7-18/h4-15H,1-3H3,(H,25,28)/b17-15-. The summed E-state index contributed by atoms with van der Waals surface area (Å²) in [6, 6.07) is 20.7. The molecule has 0 saturated carbocycles. The third-order valence-corrected chi connectivity index (χ3v) is 4.43. The van der Waals surface area contributed by atoms with Gasteiger partial charge in [-0.1, -0.05) is 0 Å².